The van der Waals surface area contributed by atoms with Gasteiger partial charge in [0.1, 0.15) is 0 Å². The van der Waals surface area contributed by atoms with Crippen LogP contribution in [-0.4, -0.2) is 30.5 Å². The van der Waals surface area contributed by atoms with Gasteiger partial charge < -0.3 is 0 Å². The quantitative estimate of drug-likeness (QED) is 0.409. The molecule has 0 atom stereocenters. The van der Waals surface area contributed by atoms with Crippen molar-refractivity contribution in [2.45, 2.75) is 59.3 Å². The van der Waals surface area contributed by atoms with E-state index < -0.39 is 6.60 Å². The predicted octanol–water partition coefficient (Wildman–Crippen LogP) is 4.32. The molecule has 0 unspecified atom stereocenters. The maximum absolute atomic E-state index is 11.7. The molecule has 3 heteroatoms. The van der Waals surface area contributed by atoms with Crippen LogP contribution in [-0.2, 0) is 9.59 Å². The number of carbonyl (C=O) groups is 2. The molecule has 0 aliphatic rings. The van der Waals surface area contributed by atoms with Gasteiger partial charge in [-0.3, -0.25) is 0 Å². The SMILES string of the molecule is CCCCP(C=O)(C=O)(CCCC)CCCC. The molecule has 0 aromatic heterocycles. The molecule has 0 spiro atoms. The maximum atomic E-state index is 11.7. The molecule has 0 aliphatic carbocycles. The summed E-state index contributed by atoms with van der Waals surface area (Å²) in [6.07, 6.45) is 8.82. The first-order valence-electron chi connectivity index (χ1n) is 7.06. The zero-order chi connectivity index (χ0) is 13.2. The van der Waals surface area contributed by atoms with Crippen LogP contribution in [0.4, 0.5) is 0 Å². The van der Waals surface area contributed by atoms with Crippen molar-refractivity contribution in [3.63, 3.8) is 0 Å². The molecule has 102 valence electrons. The Morgan fingerprint density at radius 3 is 1.18 bits per heavy atom. The summed E-state index contributed by atoms with van der Waals surface area (Å²) in [5, 5.41) is 0. The molecule has 0 N–H and O–H groups in total. The first-order chi connectivity index (χ1) is 8.12. The zero-order valence-electron chi connectivity index (χ0n) is 11.8. The van der Waals surface area contributed by atoms with E-state index in [4.69, 9.17) is 0 Å². The number of rotatable bonds is 11. The average molecular weight is 260 g/mol. The predicted molar refractivity (Wildman–Crippen MR) is 79.7 cm³/mol. The van der Waals surface area contributed by atoms with E-state index in [-0.39, 0.29) is 0 Å². The van der Waals surface area contributed by atoms with Crippen molar-refractivity contribution >= 4 is 18.7 Å². The number of unbranched alkanes of at least 4 members (excludes halogenated alkanes) is 3. The van der Waals surface area contributed by atoms with E-state index in [1.54, 1.807) is 0 Å². The summed E-state index contributed by atoms with van der Waals surface area (Å²) in [7, 11) is 0. The molecule has 0 saturated heterocycles. The number of hydrogen-bond donors (Lipinski definition) is 0. The summed E-state index contributed by atoms with van der Waals surface area (Å²) in [6.45, 7) is 3.68. The molecule has 0 heterocycles. The second kappa shape index (κ2) is 7.97. The number of hydrogen-bond acceptors (Lipinski definition) is 2. The van der Waals surface area contributed by atoms with E-state index >= 15 is 0 Å². The van der Waals surface area contributed by atoms with Gasteiger partial charge in [-0.25, -0.2) is 0 Å². The van der Waals surface area contributed by atoms with Gasteiger partial charge in [-0.15, -0.1) is 0 Å². The van der Waals surface area contributed by atoms with Crippen molar-refractivity contribution in [2.75, 3.05) is 18.5 Å². The third-order valence-corrected chi connectivity index (χ3v) is 9.36. The van der Waals surface area contributed by atoms with E-state index in [0.717, 1.165) is 69.1 Å². The van der Waals surface area contributed by atoms with E-state index in [0.29, 0.717) is 0 Å². The fourth-order valence-electron chi connectivity index (χ4n) is 2.37. The van der Waals surface area contributed by atoms with Gasteiger partial charge in [-0.05, 0) is 0 Å². The summed E-state index contributed by atoms with van der Waals surface area (Å²) in [4.78, 5) is 23.4. The van der Waals surface area contributed by atoms with Crippen molar-refractivity contribution in [3.05, 3.63) is 0 Å². The summed E-state index contributed by atoms with van der Waals surface area (Å²) in [6, 6.07) is 2.19. The topological polar surface area (TPSA) is 34.1 Å². The molecule has 0 saturated carbocycles. The molecule has 0 aromatic rings. The van der Waals surface area contributed by atoms with Gasteiger partial charge in [0.2, 0.25) is 0 Å². The van der Waals surface area contributed by atoms with Crippen LogP contribution < -0.4 is 0 Å². The summed E-state index contributed by atoms with van der Waals surface area (Å²) in [5.41, 5.74) is 0. The van der Waals surface area contributed by atoms with Crippen LogP contribution in [0.3, 0.4) is 0 Å². The van der Waals surface area contributed by atoms with E-state index in [2.05, 4.69) is 20.8 Å². The van der Waals surface area contributed by atoms with Crippen molar-refractivity contribution in [1.29, 1.82) is 0 Å². The molecule has 0 fully saturated rings. The first kappa shape index (κ1) is 16.8. The van der Waals surface area contributed by atoms with Crippen LogP contribution in [0.25, 0.3) is 0 Å². The molecule has 0 bridgehead atoms. The fraction of sp³-hybridized carbons (Fsp3) is 0.857. The van der Waals surface area contributed by atoms with Gasteiger partial charge in [0, 0.05) is 0 Å². The molecule has 0 radical (unpaired) electrons. The van der Waals surface area contributed by atoms with Gasteiger partial charge >= 0.3 is 106 Å². The molecule has 2 nitrogen and oxygen atoms in total. The normalized spacial score (nSPS) is 13.9. The fourth-order valence-corrected chi connectivity index (χ4v) is 7.11. The standard InChI is InChI=1S/C14H29O2P/c1-4-7-10-17(13-15,14-16,11-8-5-2)12-9-6-3/h13-14H,4-12H2,1-3H3. The Kier molecular flexibility index (Phi) is 7.87. The Hall–Kier alpha value is -0.230. The van der Waals surface area contributed by atoms with Gasteiger partial charge in [-0.1, -0.05) is 0 Å². The molecule has 0 aromatic carbocycles. The zero-order valence-corrected chi connectivity index (χ0v) is 12.7. The monoisotopic (exact) mass is 260 g/mol. The van der Waals surface area contributed by atoms with Crippen molar-refractivity contribution in [3.8, 4) is 0 Å². The Morgan fingerprint density at radius 1 is 0.706 bits per heavy atom. The third-order valence-electron chi connectivity index (χ3n) is 3.83. The molecule has 0 aliphatic heterocycles. The molecular weight excluding hydrogens is 231 g/mol. The van der Waals surface area contributed by atoms with Crippen LogP contribution in [0.2, 0.25) is 0 Å². The van der Waals surface area contributed by atoms with Gasteiger partial charge in [0.15, 0.2) is 0 Å². The Morgan fingerprint density at radius 2 is 1.00 bits per heavy atom. The van der Waals surface area contributed by atoms with Crippen molar-refractivity contribution < 1.29 is 9.59 Å². The van der Waals surface area contributed by atoms with E-state index in [1.165, 1.54) is 0 Å². The molecular formula is C14H29O2P. The Labute approximate surface area is 106 Å². The Balaban J connectivity index is 5.02. The minimum absolute atomic E-state index is 0.856. The number of carbonyl (C=O) groups excluding carboxylic acids is 2. The third kappa shape index (κ3) is 4.50. The van der Waals surface area contributed by atoms with Crippen LogP contribution in [0.15, 0.2) is 0 Å². The van der Waals surface area contributed by atoms with E-state index in [1.807, 2.05) is 0 Å². The molecule has 0 rings (SSSR count). The first-order valence-corrected chi connectivity index (χ1v) is 9.99. The van der Waals surface area contributed by atoms with E-state index in [9.17, 15) is 9.59 Å². The van der Waals surface area contributed by atoms with Gasteiger partial charge in [0.25, 0.3) is 0 Å². The van der Waals surface area contributed by atoms with Crippen molar-refractivity contribution in [1.82, 2.24) is 0 Å². The second-order valence-corrected chi connectivity index (χ2v) is 11.0. The van der Waals surface area contributed by atoms with Gasteiger partial charge in [-0.2, -0.15) is 0 Å². The molecule has 17 heavy (non-hydrogen) atoms. The minimum atomic E-state index is -2.70. The average Bonchev–Trinajstić information content (AvgIpc) is 2.40. The summed E-state index contributed by atoms with van der Waals surface area (Å²) < 4.78 is 0. The summed E-state index contributed by atoms with van der Waals surface area (Å²) >= 11 is 0. The van der Waals surface area contributed by atoms with Gasteiger partial charge in [0.05, 0.1) is 0 Å². The molecule has 0 amide bonds. The van der Waals surface area contributed by atoms with Crippen LogP contribution in [0.1, 0.15) is 59.3 Å². The Bertz CT molecular complexity index is 202. The summed E-state index contributed by atoms with van der Waals surface area (Å²) in [5.74, 6) is 0. The van der Waals surface area contributed by atoms with Crippen LogP contribution in [0, 0.1) is 0 Å². The van der Waals surface area contributed by atoms with Crippen LogP contribution in [0.5, 0.6) is 0 Å². The second-order valence-electron chi connectivity index (χ2n) is 5.36. The van der Waals surface area contributed by atoms with Crippen molar-refractivity contribution in [2.24, 2.45) is 0 Å². The van der Waals surface area contributed by atoms with Crippen LogP contribution >= 0.6 is 6.60 Å².